The number of unbranched alkanes of at least 4 members (excludes halogenated alkanes) is 1. The van der Waals surface area contributed by atoms with Crippen molar-refractivity contribution in [3.05, 3.63) is 10.4 Å². The van der Waals surface area contributed by atoms with Gasteiger partial charge in [0, 0.05) is 0 Å². The van der Waals surface area contributed by atoms with Crippen LogP contribution >= 0.6 is 0 Å². The number of carbonyl (C=O) groups is 1. The maximum Gasteiger partial charge on any atom is 0.383 e. The van der Waals surface area contributed by atoms with Gasteiger partial charge in [-0.05, 0) is 19.4 Å². The first kappa shape index (κ1) is 15.3. The normalized spacial score (nSPS) is 29.9. The molecule has 0 spiro atoms. The molecule has 0 amide bonds. The Bertz CT molecular complexity index is 269. The Morgan fingerprint density at radius 2 is 2.00 bits per heavy atom. The van der Waals surface area contributed by atoms with Crippen LogP contribution in [0.1, 0.15) is 19.3 Å². The van der Waals surface area contributed by atoms with Gasteiger partial charge in [0.05, 0.1) is 0 Å². The highest BCUT2D eigenvalue weighted by atomic mass is 16.9. The predicted octanol–water partition coefficient (Wildman–Crippen LogP) is -2.39. The smallest absolute Gasteiger partial charge is 0.383 e. The van der Waals surface area contributed by atoms with Gasteiger partial charge in [-0.3, -0.25) is 4.84 Å². The fraction of sp³-hybridized carbons (Fsp3) is 0.900. The lowest BCUT2D eigenvalue weighted by Crippen LogP contribution is -3.11. The number of nitrogens with zero attached hydrogens (tertiary/aromatic N) is 1. The lowest BCUT2D eigenvalue weighted by Gasteiger charge is -2.43. The minimum absolute atomic E-state index is 0.0138. The Morgan fingerprint density at radius 1 is 1.39 bits per heavy atom. The summed E-state index contributed by atoms with van der Waals surface area (Å²) < 4.78 is 0. The molecule has 5 N–H and O–H groups in total. The summed E-state index contributed by atoms with van der Waals surface area (Å²) in [5.41, 5.74) is 11.0. The first-order valence-corrected chi connectivity index (χ1v) is 6.26. The lowest BCUT2D eigenvalue weighted by molar-refractivity contribution is -1.09. The highest BCUT2D eigenvalue weighted by Gasteiger charge is 2.32. The highest BCUT2D eigenvalue weighted by molar-refractivity contribution is 5.74. The van der Waals surface area contributed by atoms with Crippen LogP contribution in [0, 0.1) is 10.4 Å². The monoisotopic (exact) mass is 262 g/mol. The van der Waals surface area contributed by atoms with Crippen LogP contribution in [-0.2, 0) is 9.63 Å². The number of nitrogens with one attached hydrogen (secondary N) is 1. The molecule has 1 atom stereocenters. The molecule has 1 saturated heterocycles. The molecular formula is C10H22N4O4. The summed E-state index contributed by atoms with van der Waals surface area (Å²) in [6.07, 6.45) is 1.96. The lowest BCUT2D eigenvalue weighted by atomic mass is 10.1. The molecule has 1 aliphatic heterocycles. The van der Waals surface area contributed by atoms with E-state index in [1.54, 1.807) is 0 Å². The van der Waals surface area contributed by atoms with Crippen LogP contribution in [0.5, 0.6) is 0 Å². The summed E-state index contributed by atoms with van der Waals surface area (Å²) in [6, 6.07) is -0.793. The number of piperazine rings is 1. The van der Waals surface area contributed by atoms with Crippen molar-refractivity contribution >= 4 is 5.97 Å². The Morgan fingerprint density at radius 3 is 2.56 bits per heavy atom. The van der Waals surface area contributed by atoms with E-state index in [9.17, 15) is 15.2 Å². The Hall–Kier alpha value is -0.770. The third-order valence-electron chi connectivity index (χ3n) is 2.99. The number of hydrogen-bond acceptors (Lipinski definition) is 6. The van der Waals surface area contributed by atoms with Gasteiger partial charge in [-0.1, -0.05) is 6.42 Å². The zero-order chi connectivity index (χ0) is 13.6. The van der Waals surface area contributed by atoms with Gasteiger partial charge in [-0.25, -0.2) is 4.79 Å². The Labute approximate surface area is 106 Å². The summed E-state index contributed by atoms with van der Waals surface area (Å²) in [7, 11) is 0. The summed E-state index contributed by atoms with van der Waals surface area (Å²) >= 11 is 0. The van der Waals surface area contributed by atoms with E-state index in [1.807, 2.05) is 0 Å². The maximum absolute atomic E-state index is 12.0. The van der Waals surface area contributed by atoms with Crippen LogP contribution in [0.3, 0.4) is 0 Å². The minimum atomic E-state index is -1.09. The van der Waals surface area contributed by atoms with Crippen LogP contribution in [0.15, 0.2) is 0 Å². The van der Waals surface area contributed by atoms with Crippen LogP contribution < -0.4 is 16.5 Å². The number of hydrogen-bond donors (Lipinski definition) is 3. The molecule has 0 aromatic heterocycles. The van der Waals surface area contributed by atoms with Gasteiger partial charge in [-0.2, -0.15) is 4.81 Å². The van der Waals surface area contributed by atoms with Gasteiger partial charge in [-0.15, -0.1) is 0 Å². The summed E-state index contributed by atoms with van der Waals surface area (Å²) in [4.78, 5) is 15.4. The number of rotatable bonds is 6. The van der Waals surface area contributed by atoms with E-state index in [0.29, 0.717) is 13.0 Å². The first-order chi connectivity index (χ1) is 8.47. The largest absolute Gasteiger partial charge is 0.634 e. The van der Waals surface area contributed by atoms with Crippen molar-refractivity contribution in [3.63, 3.8) is 0 Å². The SMILES string of the molecule is NCCCC[C@H](N)C(=O)O[N+]1([O-])CC[NH+]([O-])CC1. The molecule has 0 aromatic carbocycles. The molecule has 1 fully saturated rings. The number of nitrogens with two attached hydrogens (primary N) is 2. The zero-order valence-corrected chi connectivity index (χ0v) is 10.5. The summed E-state index contributed by atoms with van der Waals surface area (Å²) in [5.74, 6) is -0.698. The Kier molecular flexibility index (Phi) is 5.93. The fourth-order valence-corrected chi connectivity index (χ4v) is 1.78. The van der Waals surface area contributed by atoms with Gasteiger partial charge in [0.1, 0.15) is 19.1 Å². The molecule has 8 heteroatoms. The fourth-order valence-electron chi connectivity index (χ4n) is 1.78. The molecule has 0 aromatic rings. The van der Waals surface area contributed by atoms with E-state index in [-0.39, 0.29) is 31.2 Å². The van der Waals surface area contributed by atoms with Gasteiger partial charge >= 0.3 is 5.97 Å². The second-order valence-corrected chi connectivity index (χ2v) is 4.60. The zero-order valence-electron chi connectivity index (χ0n) is 10.5. The molecule has 0 saturated carbocycles. The van der Waals surface area contributed by atoms with E-state index in [1.165, 1.54) is 0 Å². The van der Waals surface area contributed by atoms with E-state index >= 15 is 0 Å². The third-order valence-corrected chi connectivity index (χ3v) is 2.99. The van der Waals surface area contributed by atoms with Crippen molar-refractivity contribution in [1.82, 2.24) is 0 Å². The number of hydroxylamine groups is 6. The van der Waals surface area contributed by atoms with Crippen molar-refractivity contribution in [2.45, 2.75) is 25.3 Å². The van der Waals surface area contributed by atoms with Crippen LogP contribution in [-0.4, -0.2) is 49.5 Å². The van der Waals surface area contributed by atoms with Crippen LogP contribution in [0.25, 0.3) is 0 Å². The molecule has 1 heterocycles. The molecule has 8 nitrogen and oxygen atoms in total. The predicted molar refractivity (Wildman–Crippen MR) is 64.4 cm³/mol. The molecule has 0 unspecified atom stereocenters. The van der Waals surface area contributed by atoms with Gasteiger partial charge in [0.25, 0.3) is 0 Å². The van der Waals surface area contributed by atoms with E-state index < -0.39 is 16.8 Å². The van der Waals surface area contributed by atoms with Crippen molar-refractivity contribution in [1.29, 1.82) is 0 Å². The standard InChI is InChI=1S/C10H22N4O4/c11-4-2-1-3-9(12)10(15)18-14(17)7-5-13(16)6-8-14/h9,13H,1-8,11-12H2/t9-/m0/s1. The first-order valence-electron chi connectivity index (χ1n) is 6.26. The molecular weight excluding hydrogens is 240 g/mol. The van der Waals surface area contributed by atoms with Crippen molar-refractivity contribution in [2.24, 2.45) is 11.5 Å². The van der Waals surface area contributed by atoms with Gasteiger partial charge in [0.15, 0.2) is 13.1 Å². The van der Waals surface area contributed by atoms with Gasteiger partial charge < -0.3 is 26.9 Å². The highest BCUT2D eigenvalue weighted by Crippen LogP contribution is 2.09. The molecule has 0 bridgehead atoms. The third kappa shape index (κ3) is 4.84. The Balaban J connectivity index is 2.34. The molecule has 1 aliphatic rings. The molecule has 1 rings (SSSR count). The van der Waals surface area contributed by atoms with Crippen molar-refractivity contribution in [2.75, 3.05) is 32.7 Å². The average Bonchev–Trinajstić information content (AvgIpc) is 2.33. The second-order valence-electron chi connectivity index (χ2n) is 4.60. The van der Waals surface area contributed by atoms with Gasteiger partial charge in [0.2, 0.25) is 0 Å². The quantitative estimate of drug-likeness (QED) is 0.278. The average molecular weight is 262 g/mol. The second kappa shape index (κ2) is 6.98. The molecule has 106 valence electrons. The van der Waals surface area contributed by atoms with Crippen LogP contribution in [0.4, 0.5) is 0 Å². The van der Waals surface area contributed by atoms with E-state index in [4.69, 9.17) is 16.3 Å². The molecule has 18 heavy (non-hydrogen) atoms. The van der Waals surface area contributed by atoms with E-state index in [0.717, 1.165) is 12.8 Å². The summed E-state index contributed by atoms with van der Waals surface area (Å²) in [5, 5.41) is 23.0. The van der Waals surface area contributed by atoms with E-state index in [2.05, 4.69) is 0 Å². The van der Waals surface area contributed by atoms with Crippen LogP contribution in [0.2, 0.25) is 0 Å². The maximum atomic E-state index is 12.0. The summed E-state index contributed by atoms with van der Waals surface area (Å²) in [6.45, 7) is 0.823. The minimum Gasteiger partial charge on any atom is -0.634 e. The molecule has 0 radical (unpaired) electrons. The van der Waals surface area contributed by atoms with Crippen molar-refractivity contribution < 1.29 is 19.5 Å². The molecule has 0 aliphatic carbocycles. The number of carbonyl (C=O) groups excluding carboxylic acids is 1. The van der Waals surface area contributed by atoms with Crippen molar-refractivity contribution in [3.8, 4) is 0 Å². The topological polar surface area (TPSA) is 129 Å². The number of quaternary nitrogens is 2.